The number of carbonyl (C=O) groups excluding carboxylic acids is 2. The van der Waals surface area contributed by atoms with Crippen LogP contribution in [-0.4, -0.2) is 25.2 Å². The Hall–Kier alpha value is -2.70. The number of aryl methyl sites for hydroxylation is 2. The van der Waals surface area contributed by atoms with Crippen LogP contribution >= 0.6 is 0 Å². The summed E-state index contributed by atoms with van der Waals surface area (Å²) in [6, 6.07) is 3.71. The van der Waals surface area contributed by atoms with Crippen molar-refractivity contribution in [2.24, 2.45) is 0 Å². The summed E-state index contributed by atoms with van der Waals surface area (Å²) in [6.07, 6.45) is -0.449. The van der Waals surface area contributed by atoms with E-state index in [9.17, 15) is 9.59 Å². The Labute approximate surface area is 188 Å². The molecule has 0 radical (unpaired) electrons. The second-order valence-corrected chi connectivity index (χ2v) is 8.36. The van der Waals surface area contributed by atoms with Crippen LogP contribution in [0.5, 0.6) is 0 Å². The summed E-state index contributed by atoms with van der Waals surface area (Å²) in [7, 11) is 0. The Morgan fingerprint density at radius 3 is 1.53 bits per heavy atom. The zero-order chi connectivity index (χ0) is 23.2. The van der Waals surface area contributed by atoms with Crippen LogP contribution in [0.3, 0.4) is 0 Å². The molecule has 4 rings (SSSR count). The molecule has 0 saturated heterocycles. The molecule has 2 heterocycles. The van der Waals surface area contributed by atoms with Gasteiger partial charge in [-0.15, -0.1) is 0 Å². The molecule has 0 fully saturated rings. The van der Waals surface area contributed by atoms with Crippen molar-refractivity contribution in [1.82, 2.24) is 0 Å². The fourth-order valence-corrected chi connectivity index (χ4v) is 4.91. The minimum atomic E-state index is -0.414. The van der Waals surface area contributed by atoms with E-state index in [1.165, 1.54) is 0 Å². The molecule has 0 bridgehead atoms. The van der Waals surface area contributed by atoms with Crippen LogP contribution in [0.4, 0.5) is 0 Å². The molecule has 2 aliphatic heterocycles. The molecule has 6 nitrogen and oxygen atoms in total. The van der Waals surface area contributed by atoms with Crippen molar-refractivity contribution in [3.05, 3.63) is 56.6 Å². The Morgan fingerprint density at radius 2 is 1.19 bits per heavy atom. The second-order valence-electron chi connectivity index (χ2n) is 8.36. The summed E-state index contributed by atoms with van der Waals surface area (Å²) in [6.45, 7) is 12.9. The van der Waals surface area contributed by atoms with Crippen LogP contribution < -0.4 is 0 Å². The molecular formula is C26H30O6. The van der Waals surface area contributed by atoms with Gasteiger partial charge in [-0.1, -0.05) is 0 Å². The highest BCUT2D eigenvalue weighted by atomic mass is 16.5. The zero-order valence-corrected chi connectivity index (χ0v) is 19.6. The normalized spacial score (nSPS) is 18.9. The molecule has 0 spiro atoms. The maximum absolute atomic E-state index is 13.1. The van der Waals surface area contributed by atoms with E-state index in [-0.39, 0.29) is 25.4 Å². The van der Waals surface area contributed by atoms with Gasteiger partial charge in [-0.2, -0.15) is 0 Å². The first-order chi connectivity index (χ1) is 15.3. The Balaban J connectivity index is 2.14. The molecule has 170 valence electrons. The fraction of sp³-hybridized carbons (Fsp3) is 0.462. The molecule has 2 atom stereocenters. The van der Waals surface area contributed by atoms with Gasteiger partial charge in [-0.3, -0.25) is 0 Å². The van der Waals surface area contributed by atoms with E-state index in [4.69, 9.17) is 18.9 Å². The summed E-state index contributed by atoms with van der Waals surface area (Å²) in [4.78, 5) is 26.3. The van der Waals surface area contributed by atoms with E-state index in [0.717, 1.165) is 33.4 Å². The molecule has 2 aromatic rings. The van der Waals surface area contributed by atoms with Gasteiger partial charge in [-0.05, 0) is 87.1 Å². The second kappa shape index (κ2) is 8.68. The molecular weight excluding hydrogens is 408 g/mol. The number of benzene rings is 2. The summed E-state index contributed by atoms with van der Waals surface area (Å²) < 4.78 is 22.8. The Bertz CT molecular complexity index is 1010. The number of fused-ring (bicyclic) bond motifs is 2. The molecule has 6 heteroatoms. The van der Waals surface area contributed by atoms with Crippen LogP contribution in [-0.2, 0) is 32.2 Å². The zero-order valence-electron chi connectivity index (χ0n) is 19.6. The fourth-order valence-electron chi connectivity index (χ4n) is 4.91. The third-order valence-electron chi connectivity index (χ3n) is 6.41. The molecule has 2 aromatic carbocycles. The lowest BCUT2D eigenvalue weighted by molar-refractivity contribution is 0.0514. The first-order valence-electron chi connectivity index (χ1n) is 11.2. The average molecular weight is 439 g/mol. The van der Waals surface area contributed by atoms with Gasteiger partial charge in [0.25, 0.3) is 0 Å². The van der Waals surface area contributed by atoms with Crippen molar-refractivity contribution in [2.45, 2.75) is 67.0 Å². The molecule has 0 aromatic heterocycles. The van der Waals surface area contributed by atoms with Gasteiger partial charge in [0, 0.05) is 11.1 Å². The van der Waals surface area contributed by atoms with E-state index in [2.05, 4.69) is 0 Å². The third-order valence-corrected chi connectivity index (χ3v) is 6.41. The number of hydrogen-bond acceptors (Lipinski definition) is 6. The van der Waals surface area contributed by atoms with Crippen LogP contribution in [0.2, 0.25) is 0 Å². The SMILES string of the molecule is CCOC(=O)c1cc(C)c2c(c1-c1c(C(=O)OCC)cc(C)c3c1[C@@H](C)OC3)[C@@H](C)OC2. The Kier molecular flexibility index (Phi) is 6.10. The highest BCUT2D eigenvalue weighted by Crippen LogP contribution is 2.49. The number of esters is 2. The van der Waals surface area contributed by atoms with Crippen LogP contribution in [0, 0.1) is 13.8 Å². The minimum Gasteiger partial charge on any atom is -0.462 e. The van der Waals surface area contributed by atoms with Gasteiger partial charge in [0.05, 0.1) is 49.8 Å². The quantitative estimate of drug-likeness (QED) is 0.574. The lowest BCUT2D eigenvalue weighted by Crippen LogP contribution is -2.15. The van der Waals surface area contributed by atoms with Gasteiger partial charge in [0.2, 0.25) is 0 Å². The standard InChI is InChI=1S/C26H30O6/c1-7-29-25(27)17-9-13(3)19-11-31-15(5)21(19)23(17)24-18(26(28)30-8-2)10-14(4)20-12-32-16(6)22(20)24/h9-10,15-16H,7-8,11-12H2,1-6H3/t15-,16-/m1/s1. The lowest BCUT2D eigenvalue weighted by Gasteiger charge is -2.23. The topological polar surface area (TPSA) is 71.1 Å². The van der Waals surface area contributed by atoms with Gasteiger partial charge >= 0.3 is 11.9 Å². The van der Waals surface area contributed by atoms with Crippen LogP contribution in [0.1, 0.15) is 94.0 Å². The maximum atomic E-state index is 13.1. The predicted octanol–water partition coefficient (Wildman–Crippen LogP) is 5.51. The average Bonchev–Trinajstić information content (AvgIpc) is 3.33. The molecule has 0 saturated carbocycles. The van der Waals surface area contributed by atoms with Gasteiger partial charge in [0.15, 0.2) is 0 Å². The number of hydrogen-bond donors (Lipinski definition) is 0. The summed E-state index contributed by atoms with van der Waals surface area (Å²) in [5.74, 6) is -0.827. The van der Waals surface area contributed by atoms with Crippen molar-refractivity contribution in [2.75, 3.05) is 13.2 Å². The van der Waals surface area contributed by atoms with Crippen molar-refractivity contribution in [3.63, 3.8) is 0 Å². The maximum Gasteiger partial charge on any atom is 0.338 e. The van der Waals surface area contributed by atoms with E-state index < -0.39 is 11.9 Å². The molecule has 2 aliphatic rings. The Morgan fingerprint density at radius 1 is 0.812 bits per heavy atom. The third kappa shape index (κ3) is 3.51. The first kappa shape index (κ1) is 22.5. The predicted molar refractivity (Wildman–Crippen MR) is 120 cm³/mol. The van der Waals surface area contributed by atoms with Crippen molar-refractivity contribution in [3.8, 4) is 11.1 Å². The van der Waals surface area contributed by atoms with E-state index in [0.29, 0.717) is 35.5 Å². The van der Waals surface area contributed by atoms with E-state index in [1.807, 2.05) is 39.8 Å². The largest absolute Gasteiger partial charge is 0.462 e. The van der Waals surface area contributed by atoms with E-state index in [1.54, 1.807) is 13.8 Å². The van der Waals surface area contributed by atoms with Gasteiger partial charge in [0.1, 0.15) is 0 Å². The van der Waals surface area contributed by atoms with Crippen molar-refractivity contribution < 1.29 is 28.5 Å². The highest BCUT2D eigenvalue weighted by Gasteiger charge is 2.36. The number of ether oxygens (including phenoxy) is 4. The number of carbonyl (C=O) groups is 2. The minimum absolute atomic E-state index is 0.224. The van der Waals surface area contributed by atoms with Gasteiger partial charge < -0.3 is 18.9 Å². The molecule has 0 amide bonds. The van der Waals surface area contributed by atoms with Gasteiger partial charge in [-0.25, -0.2) is 9.59 Å². The smallest absolute Gasteiger partial charge is 0.338 e. The number of rotatable bonds is 5. The molecule has 0 N–H and O–H groups in total. The van der Waals surface area contributed by atoms with Crippen LogP contribution in [0.25, 0.3) is 11.1 Å². The lowest BCUT2D eigenvalue weighted by atomic mass is 9.80. The molecule has 32 heavy (non-hydrogen) atoms. The molecule has 0 unspecified atom stereocenters. The van der Waals surface area contributed by atoms with Crippen molar-refractivity contribution >= 4 is 11.9 Å². The summed E-state index contributed by atoms with van der Waals surface area (Å²) in [5.41, 5.74) is 8.20. The monoisotopic (exact) mass is 438 g/mol. The first-order valence-corrected chi connectivity index (χ1v) is 11.2. The molecule has 0 aliphatic carbocycles. The van der Waals surface area contributed by atoms with Crippen molar-refractivity contribution in [1.29, 1.82) is 0 Å². The summed E-state index contributed by atoms with van der Waals surface area (Å²) in [5, 5.41) is 0. The van der Waals surface area contributed by atoms with E-state index >= 15 is 0 Å². The summed E-state index contributed by atoms with van der Waals surface area (Å²) >= 11 is 0. The highest BCUT2D eigenvalue weighted by molar-refractivity contribution is 6.06. The van der Waals surface area contributed by atoms with Crippen LogP contribution in [0.15, 0.2) is 12.1 Å².